The molecule has 18 heavy (non-hydrogen) atoms. The molecule has 5 heteroatoms. The van der Waals surface area contributed by atoms with Crippen molar-refractivity contribution in [1.82, 2.24) is 15.3 Å². The van der Waals surface area contributed by atoms with Crippen molar-refractivity contribution in [3.8, 4) is 0 Å². The first-order valence-corrected chi connectivity index (χ1v) is 6.83. The summed E-state index contributed by atoms with van der Waals surface area (Å²) < 4.78 is 0. The van der Waals surface area contributed by atoms with Gasteiger partial charge in [-0.2, -0.15) is 0 Å². The van der Waals surface area contributed by atoms with Crippen molar-refractivity contribution in [3.63, 3.8) is 0 Å². The van der Waals surface area contributed by atoms with E-state index in [2.05, 4.69) is 38.7 Å². The van der Waals surface area contributed by atoms with E-state index in [-0.39, 0.29) is 0 Å². The van der Waals surface area contributed by atoms with Crippen LogP contribution in [0.15, 0.2) is 23.2 Å². The van der Waals surface area contributed by atoms with Gasteiger partial charge in [-0.05, 0) is 20.0 Å². The van der Waals surface area contributed by atoms with E-state index < -0.39 is 0 Å². The Morgan fingerprint density at radius 2 is 2.22 bits per heavy atom. The molecule has 0 saturated heterocycles. The maximum atomic E-state index is 4.36. The van der Waals surface area contributed by atoms with Crippen LogP contribution >= 0.6 is 11.3 Å². The number of hydrogen-bond donors (Lipinski definition) is 1. The van der Waals surface area contributed by atoms with E-state index in [0.717, 1.165) is 24.5 Å². The van der Waals surface area contributed by atoms with Crippen molar-refractivity contribution in [2.24, 2.45) is 0 Å². The molecule has 2 rings (SSSR count). The third kappa shape index (κ3) is 3.05. The average Bonchev–Trinajstić information content (AvgIpc) is 2.84. The monoisotopic (exact) mass is 262 g/mol. The molecular weight excluding hydrogens is 244 g/mol. The topological polar surface area (TPSA) is 41.1 Å². The summed E-state index contributed by atoms with van der Waals surface area (Å²) in [6.45, 7) is 3.66. The first-order chi connectivity index (χ1) is 8.70. The van der Waals surface area contributed by atoms with E-state index in [9.17, 15) is 0 Å². The fourth-order valence-corrected chi connectivity index (χ4v) is 2.45. The Bertz CT molecular complexity index is 496. The minimum absolute atomic E-state index is 0.823. The zero-order valence-corrected chi connectivity index (χ0v) is 11.8. The largest absolute Gasteiger partial charge is 0.368 e. The lowest BCUT2D eigenvalue weighted by Crippen LogP contribution is -2.20. The molecule has 1 N–H and O–H groups in total. The normalized spacial score (nSPS) is 10.6. The fraction of sp³-hybridized carbons (Fsp3) is 0.385. The van der Waals surface area contributed by atoms with Crippen LogP contribution in [0.3, 0.4) is 0 Å². The third-order valence-corrected chi connectivity index (χ3v) is 3.40. The molecular formula is C13H18N4S. The lowest BCUT2D eigenvalue weighted by molar-refractivity contribution is 0.796. The molecule has 0 aliphatic carbocycles. The van der Waals surface area contributed by atoms with E-state index in [0.29, 0.717) is 0 Å². The highest BCUT2D eigenvalue weighted by atomic mass is 32.1. The molecule has 2 aromatic rings. The molecule has 0 bridgehead atoms. The minimum atomic E-state index is 0.823. The van der Waals surface area contributed by atoms with Gasteiger partial charge in [-0.25, -0.2) is 4.98 Å². The number of anilines is 1. The van der Waals surface area contributed by atoms with Crippen LogP contribution in [0.1, 0.15) is 17.0 Å². The van der Waals surface area contributed by atoms with Gasteiger partial charge in [0, 0.05) is 42.1 Å². The van der Waals surface area contributed by atoms with Crippen LogP contribution in [0.25, 0.3) is 0 Å². The van der Waals surface area contributed by atoms with E-state index in [1.807, 2.05) is 25.7 Å². The van der Waals surface area contributed by atoms with Crippen LogP contribution in [0.2, 0.25) is 0 Å². The molecule has 4 nitrogen and oxygen atoms in total. The highest BCUT2D eigenvalue weighted by Gasteiger charge is 2.09. The lowest BCUT2D eigenvalue weighted by atomic mass is 10.2. The van der Waals surface area contributed by atoms with E-state index in [4.69, 9.17) is 0 Å². The summed E-state index contributed by atoms with van der Waals surface area (Å²) in [5, 5.41) is 5.26. The molecule has 0 spiro atoms. The van der Waals surface area contributed by atoms with Gasteiger partial charge in [-0.1, -0.05) is 0 Å². The van der Waals surface area contributed by atoms with Gasteiger partial charge >= 0.3 is 0 Å². The summed E-state index contributed by atoms with van der Waals surface area (Å²) in [7, 11) is 4.04. The van der Waals surface area contributed by atoms with Gasteiger partial charge < -0.3 is 10.2 Å². The Kier molecular flexibility index (Phi) is 4.28. The summed E-state index contributed by atoms with van der Waals surface area (Å²) in [4.78, 5) is 10.9. The highest BCUT2D eigenvalue weighted by Crippen LogP contribution is 2.21. The second-order valence-corrected chi connectivity index (χ2v) is 5.04. The number of hydrogen-bond acceptors (Lipinski definition) is 5. The Hall–Kier alpha value is -1.46. The van der Waals surface area contributed by atoms with Crippen molar-refractivity contribution in [2.45, 2.75) is 20.0 Å². The van der Waals surface area contributed by atoms with Gasteiger partial charge in [0.2, 0.25) is 0 Å². The number of aromatic nitrogens is 2. The molecule has 0 fully saturated rings. The highest BCUT2D eigenvalue weighted by molar-refractivity contribution is 7.07. The smallest absolute Gasteiger partial charge is 0.0795 e. The summed E-state index contributed by atoms with van der Waals surface area (Å²) >= 11 is 1.63. The Morgan fingerprint density at radius 3 is 2.89 bits per heavy atom. The summed E-state index contributed by atoms with van der Waals surface area (Å²) in [5.41, 5.74) is 6.43. The van der Waals surface area contributed by atoms with Gasteiger partial charge in [-0.3, -0.25) is 4.98 Å². The number of nitrogens with one attached hydrogen (secondary N) is 1. The molecule has 0 aliphatic heterocycles. The van der Waals surface area contributed by atoms with Crippen LogP contribution in [0.4, 0.5) is 5.69 Å². The predicted molar refractivity (Wildman–Crippen MR) is 76.0 cm³/mol. The van der Waals surface area contributed by atoms with Crippen molar-refractivity contribution >= 4 is 17.0 Å². The zero-order valence-electron chi connectivity index (χ0n) is 11.0. The fourth-order valence-electron chi connectivity index (χ4n) is 1.90. The third-order valence-electron chi connectivity index (χ3n) is 2.76. The maximum absolute atomic E-state index is 4.36. The Labute approximate surface area is 112 Å². The van der Waals surface area contributed by atoms with Crippen LogP contribution in [-0.4, -0.2) is 24.1 Å². The van der Waals surface area contributed by atoms with E-state index in [1.54, 1.807) is 11.3 Å². The second kappa shape index (κ2) is 5.93. The molecule has 0 atom stereocenters. The number of thiazole rings is 1. The molecule has 0 unspecified atom stereocenters. The molecule has 0 radical (unpaired) electrons. The predicted octanol–water partition coefficient (Wildman–Crippen LogP) is 2.20. The second-order valence-electron chi connectivity index (χ2n) is 4.32. The first kappa shape index (κ1) is 13.0. The Morgan fingerprint density at radius 1 is 1.39 bits per heavy atom. The summed E-state index contributed by atoms with van der Waals surface area (Å²) in [6.07, 6.45) is 1.94. The van der Waals surface area contributed by atoms with E-state index in [1.165, 1.54) is 11.3 Å². The average molecular weight is 262 g/mol. The van der Waals surface area contributed by atoms with E-state index >= 15 is 0 Å². The van der Waals surface area contributed by atoms with Gasteiger partial charge in [0.25, 0.3) is 0 Å². The molecule has 2 heterocycles. The molecule has 0 aromatic carbocycles. The number of nitrogens with zero attached hydrogens (tertiary/aromatic N) is 3. The van der Waals surface area contributed by atoms with Crippen molar-refractivity contribution < 1.29 is 0 Å². The van der Waals surface area contributed by atoms with Gasteiger partial charge in [-0.15, -0.1) is 11.3 Å². The SMILES string of the molecule is CNCc1cnc(C)cc1N(C)Cc1cscn1. The van der Waals surface area contributed by atoms with Gasteiger partial charge in [0.1, 0.15) is 0 Å². The van der Waals surface area contributed by atoms with Crippen LogP contribution in [-0.2, 0) is 13.1 Å². The number of aryl methyl sites for hydroxylation is 1. The summed E-state index contributed by atoms with van der Waals surface area (Å²) in [6, 6.07) is 2.12. The first-order valence-electron chi connectivity index (χ1n) is 5.89. The van der Waals surface area contributed by atoms with Crippen molar-refractivity contribution in [2.75, 3.05) is 19.0 Å². The van der Waals surface area contributed by atoms with Gasteiger partial charge in [0.15, 0.2) is 0 Å². The quantitative estimate of drug-likeness (QED) is 0.897. The number of rotatable bonds is 5. The number of pyridine rings is 1. The maximum Gasteiger partial charge on any atom is 0.0795 e. The lowest BCUT2D eigenvalue weighted by Gasteiger charge is -2.22. The molecule has 0 aliphatic rings. The summed E-state index contributed by atoms with van der Waals surface area (Å²) in [5.74, 6) is 0. The van der Waals surface area contributed by atoms with Crippen LogP contribution < -0.4 is 10.2 Å². The van der Waals surface area contributed by atoms with Gasteiger partial charge in [0.05, 0.1) is 17.7 Å². The molecule has 0 amide bonds. The van der Waals surface area contributed by atoms with Crippen LogP contribution in [0.5, 0.6) is 0 Å². The standard InChI is InChI=1S/C13H18N4S/c1-10-4-13(11(5-14-2)6-15-10)17(3)7-12-8-18-9-16-12/h4,6,8-9,14H,5,7H2,1-3H3. The van der Waals surface area contributed by atoms with Crippen LogP contribution in [0, 0.1) is 6.92 Å². The Balaban J connectivity index is 2.22. The van der Waals surface area contributed by atoms with Crippen molar-refractivity contribution in [1.29, 1.82) is 0 Å². The van der Waals surface area contributed by atoms with Crippen molar-refractivity contribution in [3.05, 3.63) is 40.1 Å². The minimum Gasteiger partial charge on any atom is -0.368 e. The zero-order chi connectivity index (χ0) is 13.0. The molecule has 0 saturated carbocycles. The molecule has 96 valence electrons. The molecule has 2 aromatic heterocycles.